The molecule has 0 saturated carbocycles. The molecule has 3 aromatic rings. The van der Waals surface area contributed by atoms with Gasteiger partial charge < -0.3 is 14.2 Å². The van der Waals surface area contributed by atoms with Crippen molar-refractivity contribution in [2.45, 2.75) is 123 Å². The second-order valence-electron chi connectivity index (χ2n) is 12.3. The van der Waals surface area contributed by atoms with Crippen LogP contribution in [0.25, 0.3) is 11.1 Å². The van der Waals surface area contributed by atoms with Gasteiger partial charge in [0.25, 0.3) is 0 Å². The molecule has 256 valence electrons. The Morgan fingerprint density at radius 2 is 1.15 bits per heavy atom. The lowest BCUT2D eigenvalue weighted by Crippen LogP contribution is -2.17. The first-order chi connectivity index (χ1) is 22.8. The number of rotatable bonds is 22. The molecule has 3 rings (SSSR count). The summed E-state index contributed by atoms with van der Waals surface area (Å²) in [4.78, 5) is 25.1. The summed E-state index contributed by atoms with van der Waals surface area (Å²) in [7, 11) is 0. The first-order valence-electron chi connectivity index (χ1n) is 17.6. The van der Waals surface area contributed by atoms with Gasteiger partial charge in [-0.25, -0.2) is 14.0 Å². The van der Waals surface area contributed by atoms with Crippen LogP contribution in [-0.4, -0.2) is 24.6 Å². The molecule has 5 nitrogen and oxygen atoms in total. The van der Waals surface area contributed by atoms with E-state index >= 15 is 0 Å². The molecule has 3 aromatic carbocycles. The highest BCUT2D eigenvalue weighted by Gasteiger charge is 2.23. The molecule has 0 radical (unpaired) electrons. The Kier molecular flexibility index (Phi) is 17.0. The molecule has 0 saturated heterocycles. The molecule has 0 aliphatic heterocycles. The van der Waals surface area contributed by atoms with Gasteiger partial charge in [0.05, 0.1) is 23.8 Å². The third-order valence-corrected chi connectivity index (χ3v) is 8.32. The molecule has 1 atom stereocenters. The lowest BCUT2D eigenvalue weighted by molar-refractivity contribution is 0.0313. The standard InChI is InChI=1S/C40H52F2O5/c1-4-6-8-10-11-12-13-14-15-17-29-45-34-25-23-32(24-26-34)31-19-21-33(22-20-31)39(43)47-36-28-27-35(37(41)38(36)42)40(44)46-30(3)18-16-9-7-5-2/h19-28,30H,4-18,29H2,1-3H3/t30-/m1/s1. The van der Waals surface area contributed by atoms with E-state index in [1.54, 1.807) is 31.2 Å². The number of carbonyl (C=O) groups is 2. The molecule has 0 aliphatic carbocycles. The van der Waals surface area contributed by atoms with Gasteiger partial charge in [-0.1, -0.05) is 115 Å². The van der Waals surface area contributed by atoms with E-state index in [2.05, 4.69) is 13.8 Å². The van der Waals surface area contributed by atoms with E-state index < -0.39 is 41.0 Å². The Labute approximate surface area is 280 Å². The number of esters is 2. The van der Waals surface area contributed by atoms with Crippen LogP contribution in [0.4, 0.5) is 8.78 Å². The molecule has 0 amide bonds. The molecule has 0 aliphatic rings. The Morgan fingerprint density at radius 1 is 0.617 bits per heavy atom. The minimum Gasteiger partial charge on any atom is -0.494 e. The number of unbranched alkanes of at least 4 members (excludes halogenated alkanes) is 12. The number of halogens is 2. The van der Waals surface area contributed by atoms with Crippen LogP contribution in [0.2, 0.25) is 0 Å². The first-order valence-corrected chi connectivity index (χ1v) is 17.6. The average molecular weight is 651 g/mol. The molecule has 0 aromatic heterocycles. The molecule has 0 spiro atoms. The summed E-state index contributed by atoms with van der Waals surface area (Å²) in [5, 5.41) is 0. The van der Waals surface area contributed by atoms with Gasteiger partial charge in [0, 0.05) is 0 Å². The van der Waals surface area contributed by atoms with Crippen LogP contribution in [0.15, 0.2) is 60.7 Å². The normalized spacial score (nSPS) is 11.7. The van der Waals surface area contributed by atoms with Crippen LogP contribution in [0.3, 0.4) is 0 Å². The third-order valence-electron chi connectivity index (χ3n) is 8.32. The molecular weight excluding hydrogens is 598 g/mol. The maximum Gasteiger partial charge on any atom is 0.343 e. The predicted molar refractivity (Wildman–Crippen MR) is 184 cm³/mol. The van der Waals surface area contributed by atoms with Crippen LogP contribution in [0.5, 0.6) is 11.5 Å². The van der Waals surface area contributed by atoms with Gasteiger partial charge in [-0.05, 0) is 73.7 Å². The lowest BCUT2D eigenvalue weighted by atomic mass is 10.0. The topological polar surface area (TPSA) is 61.8 Å². The zero-order valence-electron chi connectivity index (χ0n) is 28.5. The highest BCUT2D eigenvalue weighted by Crippen LogP contribution is 2.27. The minimum absolute atomic E-state index is 0.172. The average Bonchev–Trinajstić information content (AvgIpc) is 3.08. The summed E-state index contributed by atoms with van der Waals surface area (Å²) >= 11 is 0. The monoisotopic (exact) mass is 650 g/mol. The Balaban J connectivity index is 1.44. The zero-order valence-corrected chi connectivity index (χ0v) is 28.5. The third kappa shape index (κ3) is 13.1. The molecule has 0 N–H and O–H groups in total. The van der Waals surface area contributed by atoms with Crippen LogP contribution >= 0.6 is 0 Å². The molecular formula is C40H52F2O5. The van der Waals surface area contributed by atoms with Gasteiger partial charge in [-0.2, -0.15) is 4.39 Å². The van der Waals surface area contributed by atoms with E-state index in [0.29, 0.717) is 13.0 Å². The number of carbonyl (C=O) groups excluding carboxylic acids is 2. The van der Waals surface area contributed by atoms with Crippen LogP contribution in [0.1, 0.15) is 138 Å². The Hall–Kier alpha value is -3.74. The van der Waals surface area contributed by atoms with E-state index in [1.807, 2.05) is 24.3 Å². The minimum atomic E-state index is -1.42. The molecule has 7 heteroatoms. The van der Waals surface area contributed by atoms with E-state index in [4.69, 9.17) is 14.2 Å². The van der Waals surface area contributed by atoms with Crippen molar-refractivity contribution in [2.24, 2.45) is 0 Å². The van der Waals surface area contributed by atoms with Crippen molar-refractivity contribution >= 4 is 11.9 Å². The van der Waals surface area contributed by atoms with Gasteiger partial charge in [0.1, 0.15) is 5.75 Å². The lowest BCUT2D eigenvalue weighted by Gasteiger charge is -2.14. The second kappa shape index (κ2) is 21.2. The van der Waals surface area contributed by atoms with E-state index in [0.717, 1.165) is 61.1 Å². The largest absolute Gasteiger partial charge is 0.494 e. The highest BCUT2D eigenvalue weighted by molar-refractivity contribution is 5.92. The smallest absolute Gasteiger partial charge is 0.343 e. The van der Waals surface area contributed by atoms with Crippen molar-refractivity contribution in [1.82, 2.24) is 0 Å². The van der Waals surface area contributed by atoms with Gasteiger partial charge in [-0.15, -0.1) is 0 Å². The Bertz CT molecular complexity index is 1350. The fourth-order valence-corrected chi connectivity index (χ4v) is 5.41. The van der Waals surface area contributed by atoms with Crippen LogP contribution in [-0.2, 0) is 4.74 Å². The van der Waals surface area contributed by atoms with E-state index in [-0.39, 0.29) is 5.56 Å². The molecule has 47 heavy (non-hydrogen) atoms. The summed E-state index contributed by atoms with van der Waals surface area (Å²) in [6, 6.07) is 16.6. The fourth-order valence-electron chi connectivity index (χ4n) is 5.41. The van der Waals surface area contributed by atoms with E-state index in [1.165, 1.54) is 57.8 Å². The fraction of sp³-hybridized carbons (Fsp3) is 0.500. The van der Waals surface area contributed by atoms with Crippen LogP contribution < -0.4 is 9.47 Å². The van der Waals surface area contributed by atoms with Gasteiger partial charge >= 0.3 is 11.9 Å². The highest BCUT2D eigenvalue weighted by atomic mass is 19.2. The number of ether oxygens (including phenoxy) is 3. The summed E-state index contributed by atoms with van der Waals surface area (Å²) in [5.41, 5.74) is 1.46. The van der Waals surface area contributed by atoms with E-state index in [9.17, 15) is 18.4 Å². The SMILES string of the molecule is CCCCCCCCCCCCOc1ccc(-c2ccc(C(=O)Oc3ccc(C(=O)O[C@H](C)CCCCCC)c(F)c3F)cc2)cc1. The molecule has 0 fully saturated rings. The molecule has 0 heterocycles. The predicted octanol–water partition coefficient (Wildman–Crippen LogP) is 11.7. The summed E-state index contributed by atoms with van der Waals surface area (Å²) in [5.74, 6) is -4.42. The summed E-state index contributed by atoms with van der Waals surface area (Å²) in [6.45, 7) is 6.77. The number of hydrogen-bond donors (Lipinski definition) is 0. The maximum absolute atomic E-state index is 14.8. The second-order valence-corrected chi connectivity index (χ2v) is 12.3. The van der Waals surface area contributed by atoms with Crippen molar-refractivity contribution < 1.29 is 32.6 Å². The molecule has 0 bridgehead atoms. The van der Waals surface area contributed by atoms with Gasteiger partial charge in [-0.3, -0.25) is 0 Å². The summed E-state index contributed by atoms with van der Waals surface area (Å²) in [6.07, 6.45) is 17.2. The quantitative estimate of drug-likeness (QED) is 0.0615. The van der Waals surface area contributed by atoms with Crippen molar-refractivity contribution in [3.8, 4) is 22.6 Å². The maximum atomic E-state index is 14.8. The van der Waals surface area contributed by atoms with Crippen molar-refractivity contribution in [3.05, 3.63) is 83.4 Å². The van der Waals surface area contributed by atoms with Crippen molar-refractivity contribution in [2.75, 3.05) is 6.61 Å². The van der Waals surface area contributed by atoms with Crippen LogP contribution in [0, 0.1) is 11.6 Å². The van der Waals surface area contributed by atoms with Gasteiger partial charge in [0.2, 0.25) is 5.82 Å². The number of benzene rings is 3. The number of hydrogen-bond acceptors (Lipinski definition) is 5. The van der Waals surface area contributed by atoms with Gasteiger partial charge in [0.15, 0.2) is 11.6 Å². The first kappa shape index (κ1) is 37.7. The Morgan fingerprint density at radius 3 is 1.74 bits per heavy atom. The van der Waals surface area contributed by atoms with Crippen molar-refractivity contribution in [3.63, 3.8) is 0 Å². The summed E-state index contributed by atoms with van der Waals surface area (Å²) < 4.78 is 45.8. The zero-order chi connectivity index (χ0) is 33.9. The van der Waals surface area contributed by atoms with Crippen molar-refractivity contribution in [1.29, 1.82) is 0 Å². The molecule has 0 unspecified atom stereocenters.